The van der Waals surface area contributed by atoms with Crippen molar-refractivity contribution in [1.82, 2.24) is 9.55 Å². The van der Waals surface area contributed by atoms with Crippen molar-refractivity contribution in [3.05, 3.63) is 85.1 Å². The molecule has 2 aromatic heterocycles. The lowest BCUT2D eigenvalue weighted by Gasteiger charge is -2.05. The van der Waals surface area contributed by atoms with Crippen LogP contribution in [0.5, 0.6) is 0 Å². The topological polar surface area (TPSA) is 55.9 Å². The normalized spacial score (nSPS) is 10.0. The molecule has 0 aliphatic carbocycles. The number of nitrogens with two attached hydrogens (primary N) is 1. The molecule has 4 nitrogen and oxygen atoms in total. The Balaban J connectivity index is 0.000000203. The van der Waals surface area contributed by atoms with Crippen LogP contribution in [0.2, 0.25) is 0 Å². The molecule has 0 saturated carbocycles. The first-order chi connectivity index (χ1) is 11.7. The quantitative estimate of drug-likeness (QED) is 0.532. The minimum Gasteiger partial charge on any atom is -0.399 e. The van der Waals surface area contributed by atoms with Gasteiger partial charge in [-0.3, -0.25) is 0 Å². The maximum Gasteiger partial charge on any atom is 0.142 e. The molecule has 0 bridgehead atoms. The Morgan fingerprint density at radius 1 is 0.833 bits per heavy atom. The fourth-order valence-electron chi connectivity index (χ4n) is 2.33. The van der Waals surface area contributed by atoms with Gasteiger partial charge < -0.3 is 15.6 Å². The van der Waals surface area contributed by atoms with Crippen LogP contribution < -0.4 is 11.1 Å². The standard InChI is InChI=1S/C14H13N3.C6H7N/c1-17-10-9-11-7-8-13(16-14(11)17)15-12-5-3-2-4-6-12;7-6-4-2-1-3-5-6/h2-10H,1H3,(H,15,16);1-5H,7H2. The first-order valence-corrected chi connectivity index (χ1v) is 7.77. The molecule has 0 saturated heterocycles. The monoisotopic (exact) mass is 316 g/mol. The van der Waals surface area contributed by atoms with Crippen molar-refractivity contribution in [2.45, 2.75) is 0 Å². The molecule has 0 atom stereocenters. The van der Waals surface area contributed by atoms with Gasteiger partial charge in [-0.15, -0.1) is 0 Å². The van der Waals surface area contributed by atoms with Crippen molar-refractivity contribution in [1.29, 1.82) is 0 Å². The molecule has 24 heavy (non-hydrogen) atoms. The summed E-state index contributed by atoms with van der Waals surface area (Å²) in [6.45, 7) is 0. The number of rotatable bonds is 2. The van der Waals surface area contributed by atoms with Crippen LogP contribution in [0.25, 0.3) is 11.0 Å². The number of nitrogens with one attached hydrogen (secondary N) is 1. The number of fused-ring (bicyclic) bond motifs is 1. The number of pyridine rings is 1. The highest BCUT2D eigenvalue weighted by molar-refractivity contribution is 5.78. The summed E-state index contributed by atoms with van der Waals surface area (Å²) in [5.74, 6) is 0.866. The van der Waals surface area contributed by atoms with Gasteiger partial charge in [-0.1, -0.05) is 36.4 Å². The van der Waals surface area contributed by atoms with E-state index in [4.69, 9.17) is 5.73 Å². The van der Waals surface area contributed by atoms with Crippen molar-refractivity contribution < 1.29 is 0 Å². The number of aryl methyl sites for hydroxylation is 1. The van der Waals surface area contributed by atoms with Gasteiger partial charge in [0.25, 0.3) is 0 Å². The summed E-state index contributed by atoms with van der Waals surface area (Å²) in [4.78, 5) is 4.58. The van der Waals surface area contributed by atoms with Crippen LogP contribution >= 0.6 is 0 Å². The Morgan fingerprint density at radius 2 is 1.50 bits per heavy atom. The molecule has 4 rings (SSSR count). The fraction of sp³-hybridized carbons (Fsp3) is 0.0500. The summed E-state index contributed by atoms with van der Waals surface area (Å²) >= 11 is 0. The zero-order valence-electron chi connectivity index (χ0n) is 13.6. The highest BCUT2D eigenvalue weighted by atomic mass is 15.1. The van der Waals surface area contributed by atoms with E-state index in [-0.39, 0.29) is 0 Å². The Kier molecular flexibility index (Phi) is 4.77. The lowest BCUT2D eigenvalue weighted by atomic mass is 10.3. The van der Waals surface area contributed by atoms with Gasteiger partial charge in [-0.05, 0) is 42.5 Å². The van der Waals surface area contributed by atoms with Gasteiger partial charge in [0.15, 0.2) is 0 Å². The Labute approximate surface area is 141 Å². The molecule has 120 valence electrons. The minimum atomic E-state index is 0.822. The number of hydrogen-bond acceptors (Lipinski definition) is 3. The Morgan fingerprint density at radius 3 is 2.12 bits per heavy atom. The third-order valence-electron chi connectivity index (χ3n) is 3.56. The molecule has 0 spiro atoms. The highest BCUT2D eigenvalue weighted by Crippen LogP contribution is 2.18. The van der Waals surface area contributed by atoms with Crippen molar-refractivity contribution >= 4 is 28.2 Å². The van der Waals surface area contributed by atoms with E-state index in [2.05, 4.69) is 22.4 Å². The van der Waals surface area contributed by atoms with Crippen molar-refractivity contribution in [2.24, 2.45) is 7.05 Å². The van der Waals surface area contributed by atoms with Crippen LogP contribution in [0.4, 0.5) is 17.2 Å². The molecule has 0 unspecified atom stereocenters. The maximum absolute atomic E-state index is 5.36. The lowest BCUT2D eigenvalue weighted by Crippen LogP contribution is -1.95. The largest absolute Gasteiger partial charge is 0.399 e. The Bertz CT molecular complexity index is 899. The second kappa shape index (κ2) is 7.33. The van der Waals surface area contributed by atoms with Crippen LogP contribution in [-0.4, -0.2) is 9.55 Å². The van der Waals surface area contributed by atoms with Crippen LogP contribution in [0.15, 0.2) is 85.1 Å². The van der Waals surface area contributed by atoms with E-state index in [1.54, 1.807) is 0 Å². The average molecular weight is 316 g/mol. The minimum absolute atomic E-state index is 0.822. The summed E-state index contributed by atoms with van der Waals surface area (Å²) in [5.41, 5.74) is 8.22. The first-order valence-electron chi connectivity index (χ1n) is 7.77. The highest BCUT2D eigenvalue weighted by Gasteiger charge is 2.01. The zero-order chi connectivity index (χ0) is 16.8. The Hall–Kier alpha value is -3.27. The SMILES string of the molecule is Cn1ccc2ccc(Nc3ccccc3)nc21.Nc1ccccc1. The van der Waals surface area contributed by atoms with Crippen molar-refractivity contribution in [3.63, 3.8) is 0 Å². The fourth-order valence-corrected chi connectivity index (χ4v) is 2.33. The van der Waals surface area contributed by atoms with Crippen LogP contribution in [0, 0.1) is 0 Å². The van der Waals surface area contributed by atoms with Gasteiger partial charge in [-0.25, -0.2) is 4.98 Å². The van der Waals surface area contributed by atoms with Gasteiger partial charge in [0, 0.05) is 30.0 Å². The van der Waals surface area contributed by atoms with Gasteiger partial charge >= 0.3 is 0 Å². The van der Waals surface area contributed by atoms with Crippen LogP contribution in [-0.2, 0) is 7.05 Å². The van der Waals surface area contributed by atoms with Gasteiger partial charge in [0.2, 0.25) is 0 Å². The number of benzene rings is 2. The van der Waals surface area contributed by atoms with E-state index in [1.165, 1.54) is 0 Å². The number of nitrogens with zero attached hydrogens (tertiary/aromatic N) is 2. The van der Waals surface area contributed by atoms with E-state index in [9.17, 15) is 0 Å². The molecule has 0 aliphatic rings. The molecule has 0 amide bonds. The molecule has 0 fully saturated rings. The van der Waals surface area contributed by atoms with Crippen molar-refractivity contribution in [3.8, 4) is 0 Å². The summed E-state index contributed by atoms with van der Waals surface area (Å²) in [6.07, 6.45) is 2.02. The molecule has 4 heteroatoms. The summed E-state index contributed by atoms with van der Waals surface area (Å²) in [7, 11) is 2.00. The average Bonchev–Trinajstić information content (AvgIpc) is 2.98. The predicted octanol–water partition coefficient (Wildman–Crippen LogP) is 4.59. The van der Waals surface area contributed by atoms with E-state index < -0.39 is 0 Å². The van der Waals surface area contributed by atoms with Gasteiger partial charge in [0.05, 0.1) is 0 Å². The summed E-state index contributed by atoms with van der Waals surface area (Å²) in [5, 5.41) is 4.45. The van der Waals surface area contributed by atoms with E-state index >= 15 is 0 Å². The van der Waals surface area contributed by atoms with Crippen LogP contribution in [0.3, 0.4) is 0 Å². The second-order valence-corrected chi connectivity index (χ2v) is 5.44. The number of anilines is 3. The van der Waals surface area contributed by atoms with E-state index in [0.29, 0.717) is 0 Å². The summed E-state index contributed by atoms with van der Waals surface area (Å²) in [6, 6.07) is 25.7. The molecule has 0 aliphatic heterocycles. The maximum atomic E-state index is 5.36. The first kappa shape index (κ1) is 15.6. The molecule has 4 aromatic rings. The van der Waals surface area contributed by atoms with E-state index in [0.717, 1.165) is 28.2 Å². The number of aromatic nitrogens is 2. The second-order valence-electron chi connectivity index (χ2n) is 5.44. The number of nitrogen functional groups attached to an aromatic ring is 1. The number of para-hydroxylation sites is 2. The third-order valence-corrected chi connectivity index (χ3v) is 3.56. The lowest BCUT2D eigenvalue weighted by molar-refractivity contribution is 0.949. The third kappa shape index (κ3) is 3.93. The molecular formula is C20H20N4. The van der Waals surface area contributed by atoms with E-state index in [1.807, 2.05) is 84.5 Å². The van der Waals surface area contributed by atoms with Crippen molar-refractivity contribution in [2.75, 3.05) is 11.1 Å². The molecular weight excluding hydrogens is 296 g/mol. The van der Waals surface area contributed by atoms with Crippen LogP contribution in [0.1, 0.15) is 0 Å². The molecule has 3 N–H and O–H groups in total. The summed E-state index contributed by atoms with van der Waals surface area (Å²) < 4.78 is 2.02. The zero-order valence-corrected chi connectivity index (χ0v) is 13.6. The van der Waals surface area contributed by atoms with Gasteiger partial charge in [0.1, 0.15) is 11.5 Å². The molecule has 0 radical (unpaired) electrons. The molecule has 2 heterocycles. The van der Waals surface area contributed by atoms with Gasteiger partial charge in [-0.2, -0.15) is 0 Å². The number of hydrogen-bond donors (Lipinski definition) is 2. The smallest absolute Gasteiger partial charge is 0.142 e. The predicted molar refractivity (Wildman–Crippen MR) is 101 cm³/mol. The molecule has 2 aromatic carbocycles.